The Kier molecular flexibility index (Phi) is 17.2. The molecule has 166 valence electrons. The number of rotatable bonds is 18. The van der Waals surface area contributed by atoms with E-state index >= 15 is 0 Å². The van der Waals surface area contributed by atoms with E-state index in [2.05, 4.69) is 10.6 Å². The van der Waals surface area contributed by atoms with E-state index in [9.17, 15) is 9.59 Å². The largest absolute Gasteiger partial charge is 0.368 e. The summed E-state index contributed by atoms with van der Waals surface area (Å²) in [4.78, 5) is 22.8. The number of amides is 2. The maximum Gasteiger partial charge on any atom is 0.217 e. The molecule has 6 nitrogen and oxygen atoms in total. The van der Waals surface area contributed by atoms with Crippen molar-refractivity contribution in [2.24, 2.45) is 0 Å². The van der Waals surface area contributed by atoms with Crippen LogP contribution in [0.2, 0.25) is 0 Å². The first-order chi connectivity index (χ1) is 13.4. The quantitative estimate of drug-likeness (QED) is 0.208. The molecule has 6 heteroatoms. The van der Waals surface area contributed by atoms with Crippen molar-refractivity contribution >= 4 is 11.8 Å². The van der Waals surface area contributed by atoms with Crippen molar-refractivity contribution in [1.82, 2.24) is 10.6 Å². The number of carbonyl (C=O) groups is 2. The third-order valence-electron chi connectivity index (χ3n) is 5.18. The highest BCUT2D eigenvalue weighted by atomic mass is 16.5. The van der Waals surface area contributed by atoms with Gasteiger partial charge < -0.3 is 20.8 Å². The molecule has 0 aromatic rings. The van der Waals surface area contributed by atoms with Crippen LogP contribution in [0.25, 0.3) is 0 Å². The second kappa shape index (κ2) is 17.9. The van der Waals surface area contributed by atoms with Gasteiger partial charge in [0.25, 0.3) is 0 Å². The van der Waals surface area contributed by atoms with Crippen LogP contribution in [-0.2, 0) is 9.59 Å². The zero-order valence-electron chi connectivity index (χ0n) is 18.3. The third kappa shape index (κ3) is 17.0. The molecule has 0 bridgehead atoms. The first kappa shape index (κ1) is 26.9. The molecule has 0 unspecified atom stereocenters. The lowest BCUT2D eigenvalue weighted by atomic mass is 9.97. The summed E-state index contributed by atoms with van der Waals surface area (Å²) >= 11 is 0. The van der Waals surface area contributed by atoms with E-state index in [0.29, 0.717) is 6.42 Å². The van der Waals surface area contributed by atoms with Crippen LogP contribution in [0.1, 0.15) is 111 Å². The zero-order chi connectivity index (χ0) is 21.2. The molecule has 0 aliphatic rings. The second-order valence-electron chi connectivity index (χ2n) is 7.97. The molecule has 28 heavy (non-hydrogen) atoms. The lowest BCUT2D eigenvalue weighted by molar-refractivity contribution is -0.122. The number of nitrogens with one attached hydrogen (secondary N) is 2. The summed E-state index contributed by atoms with van der Waals surface area (Å²) in [6.07, 6.45) is 14.0. The summed E-state index contributed by atoms with van der Waals surface area (Å²) in [6.45, 7) is 5.09. The van der Waals surface area contributed by atoms with Crippen molar-refractivity contribution in [2.75, 3.05) is 0 Å². The highest BCUT2D eigenvalue weighted by Crippen LogP contribution is 2.14. The first-order valence-corrected chi connectivity index (χ1v) is 11.3. The lowest BCUT2D eigenvalue weighted by Gasteiger charge is -2.27. The molecule has 0 heterocycles. The predicted molar refractivity (Wildman–Crippen MR) is 114 cm³/mol. The van der Waals surface area contributed by atoms with Gasteiger partial charge >= 0.3 is 0 Å². The standard InChI is InChI=1S/C22H44N2O4/c1-4-20(23-18(2)25)21(24-19(3)26)16-14-12-10-8-6-5-7-9-11-13-15-17-22(27)28/h20-22,27-28H,4-17H2,1-3H3,(H,23,25)(H,24,26)/t20-,21+/m1/s1. The normalized spacial score (nSPS) is 13.4. The average molecular weight is 401 g/mol. The summed E-state index contributed by atoms with van der Waals surface area (Å²) in [5.74, 6) is -0.0884. The van der Waals surface area contributed by atoms with Gasteiger partial charge in [-0.2, -0.15) is 0 Å². The average Bonchev–Trinajstić information content (AvgIpc) is 2.61. The maximum atomic E-state index is 11.5. The van der Waals surface area contributed by atoms with Crippen molar-refractivity contribution in [3.05, 3.63) is 0 Å². The molecule has 0 saturated heterocycles. The molecule has 4 N–H and O–H groups in total. The minimum atomic E-state index is -1.15. The van der Waals surface area contributed by atoms with Gasteiger partial charge in [-0.1, -0.05) is 71.1 Å². The molecule has 0 spiro atoms. The minimum absolute atomic E-state index is 0.00189. The van der Waals surface area contributed by atoms with Gasteiger partial charge in [0, 0.05) is 25.9 Å². The van der Waals surface area contributed by atoms with Crippen molar-refractivity contribution in [1.29, 1.82) is 0 Å². The lowest BCUT2D eigenvalue weighted by Crippen LogP contribution is -2.50. The molecule has 2 atom stereocenters. The third-order valence-corrected chi connectivity index (χ3v) is 5.18. The van der Waals surface area contributed by atoms with Crippen molar-refractivity contribution < 1.29 is 19.8 Å². The van der Waals surface area contributed by atoms with Gasteiger partial charge in [-0.05, 0) is 25.7 Å². The zero-order valence-corrected chi connectivity index (χ0v) is 18.3. The van der Waals surface area contributed by atoms with Crippen molar-refractivity contribution in [2.45, 2.75) is 129 Å². The molecule has 0 rings (SSSR count). The molecule has 0 aromatic carbocycles. The van der Waals surface area contributed by atoms with Crippen LogP contribution in [-0.4, -0.2) is 40.4 Å². The van der Waals surface area contributed by atoms with Crippen LogP contribution < -0.4 is 10.6 Å². The van der Waals surface area contributed by atoms with E-state index in [-0.39, 0.29) is 23.9 Å². The predicted octanol–water partition coefficient (Wildman–Crippen LogP) is 3.79. The van der Waals surface area contributed by atoms with E-state index in [1.165, 1.54) is 58.8 Å². The first-order valence-electron chi connectivity index (χ1n) is 11.3. The van der Waals surface area contributed by atoms with Crippen LogP contribution in [0.3, 0.4) is 0 Å². The number of aliphatic hydroxyl groups is 2. The minimum Gasteiger partial charge on any atom is -0.368 e. The summed E-state index contributed by atoms with van der Waals surface area (Å²) in [5, 5.41) is 23.5. The number of aliphatic hydroxyl groups excluding tert-OH is 1. The van der Waals surface area contributed by atoms with Gasteiger partial charge in [-0.3, -0.25) is 9.59 Å². The van der Waals surface area contributed by atoms with E-state index in [1.807, 2.05) is 6.92 Å². The fourth-order valence-electron chi connectivity index (χ4n) is 3.67. The summed E-state index contributed by atoms with van der Waals surface area (Å²) < 4.78 is 0. The summed E-state index contributed by atoms with van der Waals surface area (Å²) in [6, 6.07) is 0.0142. The van der Waals surface area contributed by atoms with Gasteiger partial charge in [-0.25, -0.2) is 0 Å². The number of hydrogen-bond donors (Lipinski definition) is 4. The van der Waals surface area contributed by atoms with Gasteiger partial charge in [0.05, 0.1) is 0 Å². The van der Waals surface area contributed by atoms with Crippen LogP contribution in [0.15, 0.2) is 0 Å². The summed E-state index contributed by atoms with van der Waals surface area (Å²) in [7, 11) is 0. The molecule has 0 saturated carbocycles. The van der Waals surface area contributed by atoms with Gasteiger partial charge in [-0.15, -0.1) is 0 Å². The van der Waals surface area contributed by atoms with Gasteiger partial charge in [0.1, 0.15) is 0 Å². The molecule has 0 aromatic heterocycles. The fourth-order valence-corrected chi connectivity index (χ4v) is 3.67. The molecule has 0 radical (unpaired) electrons. The Bertz CT molecular complexity index is 402. The van der Waals surface area contributed by atoms with Crippen LogP contribution in [0.5, 0.6) is 0 Å². The topological polar surface area (TPSA) is 98.7 Å². The molecule has 2 amide bonds. The summed E-state index contributed by atoms with van der Waals surface area (Å²) in [5.41, 5.74) is 0. The second-order valence-corrected chi connectivity index (χ2v) is 7.97. The highest BCUT2D eigenvalue weighted by molar-refractivity contribution is 5.74. The Labute approximate surface area is 171 Å². The number of carbonyl (C=O) groups excluding carboxylic acids is 2. The highest BCUT2D eigenvalue weighted by Gasteiger charge is 2.21. The molecule has 0 aliphatic carbocycles. The monoisotopic (exact) mass is 400 g/mol. The van der Waals surface area contributed by atoms with Gasteiger partial charge in [0.2, 0.25) is 11.8 Å². The number of hydrogen-bond acceptors (Lipinski definition) is 4. The van der Waals surface area contributed by atoms with Crippen molar-refractivity contribution in [3.63, 3.8) is 0 Å². The Morgan fingerprint density at radius 3 is 1.36 bits per heavy atom. The SMILES string of the molecule is CC[C@@H](NC(C)=O)[C@H](CCCCCCCCCCCCCC(O)O)NC(C)=O. The Morgan fingerprint density at radius 1 is 0.643 bits per heavy atom. The molecule has 0 aliphatic heterocycles. The Hall–Kier alpha value is -1.14. The van der Waals surface area contributed by atoms with Crippen LogP contribution >= 0.6 is 0 Å². The Balaban J connectivity index is 3.71. The molecular weight excluding hydrogens is 356 g/mol. The van der Waals surface area contributed by atoms with E-state index < -0.39 is 6.29 Å². The van der Waals surface area contributed by atoms with Gasteiger partial charge in [0.15, 0.2) is 6.29 Å². The fraction of sp³-hybridized carbons (Fsp3) is 0.909. The van der Waals surface area contributed by atoms with Crippen molar-refractivity contribution in [3.8, 4) is 0 Å². The molecule has 0 fully saturated rings. The van der Waals surface area contributed by atoms with E-state index in [0.717, 1.165) is 38.5 Å². The smallest absolute Gasteiger partial charge is 0.217 e. The van der Waals surface area contributed by atoms with E-state index in [4.69, 9.17) is 10.2 Å². The Morgan fingerprint density at radius 2 is 1.00 bits per heavy atom. The maximum absolute atomic E-state index is 11.5. The number of unbranched alkanes of at least 4 members (excludes halogenated alkanes) is 10. The molecular formula is C22H44N2O4. The van der Waals surface area contributed by atoms with E-state index in [1.54, 1.807) is 0 Å². The van der Waals surface area contributed by atoms with Crippen LogP contribution in [0, 0.1) is 0 Å². The van der Waals surface area contributed by atoms with Crippen LogP contribution in [0.4, 0.5) is 0 Å².